The van der Waals surface area contributed by atoms with Crippen molar-refractivity contribution in [2.75, 3.05) is 52.5 Å². The van der Waals surface area contributed by atoms with Crippen LogP contribution in [0.1, 0.15) is 103 Å². The number of rotatable bonds is 9. The van der Waals surface area contributed by atoms with Crippen molar-refractivity contribution in [2.45, 2.75) is 120 Å². The van der Waals surface area contributed by atoms with Gasteiger partial charge in [0.05, 0.1) is 24.9 Å². The van der Waals surface area contributed by atoms with Gasteiger partial charge in [0, 0.05) is 18.5 Å². The number of fused-ring (bicyclic) bond motifs is 5. The van der Waals surface area contributed by atoms with Crippen molar-refractivity contribution in [3.8, 4) is 0 Å². The third-order valence-corrected chi connectivity index (χ3v) is 14.2. The van der Waals surface area contributed by atoms with E-state index in [1.54, 1.807) is 0 Å². The van der Waals surface area contributed by atoms with Crippen LogP contribution < -0.4 is 0 Å². The van der Waals surface area contributed by atoms with Gasteiger partial charge in [0.2, 0.25) is 0 Å². The molecule has 0 aromatic heterocycles. The second-order valence-electron chi connectivity index (χ2n) is 15.9. The third-order valence-electron chi connectivity index (χ3n) is 14.2. The fraction of sp³-hybridized carbons (Fsp3) is 0.838. The zero-order valence-corrected chi connectivity index (χ0v) is 27.1. The fourth-order valence-electron chi connectivity index (χ4n) is 11.6. The summed E-state index contributed by atoms with van der Waals surface area (Å²) in [5.74, 6) is 0.659. The molecule has 3 unspecified atom stereocenters. The van der Waals surface area contributed by atoms with E-state index in [9.17, 15) is 10.2 Å². The largest absolute Gasteiger partial charge is 0.387 e. The lowest BCUT2D eigenvalue weighted by Gasteiger charge is -2.68. The van der Waals surface area contributed by atoms with Gasteiger partial charge in [-0.15, -0.1) is 0 Å². The van der Waals surface area contributed by atoms with Crippen LogP contribution in [-0.2, 0) is 15.1 Å². The van der Waals surface area contributed by atoms with Gasteiger partial charge in [-0.25, -0.2) is 0 Å². The maximum Gasteiger partial charge on any atom is 0.102 e. The first-order valence-electron chi connectivity index (χ1n) is 17.9. The summed E-state index contributed by atoms with van der Waals surface area (Å²) in [6.07, 6.45) is 13.7. The average molecular weight is 595 g/mol. The summed E-state index contributed by atoms with van der Waals surface area (Å²) in [5, 5.41) is 26.0. The minimum atomic E-state index is -1.18. The molecule has 4 saturated carbocycles. The molecule has 2 saturated heterocycles. The van der Waals surface area contributed by atoms with E-state index in [1.165, 1.54) is 44.3 Å². The van der Waals surface area contributed by atoms with E-state index in [2.05, 4.69) is 54.0 Å². The second-order valence-corrected chi connectivity index (χ2v) is 15.9. The Morgan fingerprint density at radius 2 is 1.44 bits per heavy atom. The van der Waals surface area contributed by atoms with E-state index in [1.807, 2.05) is 0 Å². The van der Waals surface area contributed by atoms with E-state index >= 15 is 0 Å². The second kappa shape index (κ2) is 11.7. The van der Waals surface area contributed by atoms with Gasteiger partial charge in [-0.3, -0.25) is 0 Å². The number of hydrogen-bond donors (Lipinski definition) is 2. The first-order chi connectivity index (χ1) is 20.7. The zero-order chi connectivity index (χ0) is 29.8. The lowest BCUT2D eigenvalue weighted by atomic mass is 9.41. The molecule has 4 aliphatic carbocycles. The average Bonchev–Trinajstić information content (AvgIpc) is 3.77. The van der Waals surface area contributed by atoms with Crippen molar-refractivity contribution in [3.05, 3.63) is 35.9 Å². The highest BCUT2D eigenvalue weighted by Gasteiger charge is 2.78. The van der Waals surface area contributed by atoms with Gasteiger partial charge in [-0.1, -0.05) is 44.2 Å². The van der Waals surface area contributed by atoms with E-state index in [0.29, 0.717) is 31.5 Å². The van der Waals surface area contributed by atoms with Crippen LogP contribution in [0.2, 0.25) is 0 Å². The van der Waals surface area contributed by atoms with Crippen molar-refractivity contribution >= 4 is 0 Å². The van der Waals surface area contributed by atoms with Crippen LogP contribution in [0.15, 0.2) is 30.3 Å². The molecule has 6 aliphatic rings. The van der Waals surface area contributed by atoms with Gasteiger partial charge >= 0.3 is 0 Å². The first kappa shape index (κ1) is 30.6. The van der Waals surface area contributed by atoms with Gasteiger partial charge in [0.25, 0.3) is 0 Å². The Kier molecular flexibility index (Phi) is 8.30. The molecule has 0 bridgehead atoms. The van der Waals surface area contributed by atoms with Crippen LogP contribution in [0, 0.1) is 22.7 Å². The Bertz CT molecular complexity index is 1110. The number of hydrogen-bond acceptors (Lipinski definition) is 6. The lowest BCUT2D eigenvalue weighted by Crippen LogP contribution is -2.74. The van der Waals surface area contributed by atoms with Crippen LogP contribution in [0.5, 0.6) is 0 Å². The Balaban J connectivity index is 1.10. The molecule has 1 aromatic carbocycles. The number of benzene rings is 1. The molecule has 2 heterocycles. The van der Waals surface area contributed by atoms with E-state index < -0.39 is 22.2 Å². The molecule has 0 amide bonds. The summed E-state index contributed by atoms with van der Waals surface area (Å²) in [6.45, 7) is 13.0. The topological polar surface area (TPSA) is 65.4 Å². The summed E-state index contributed by atoms with van der Waals surface area (Å²) in [4.78, 5) is 5.06. The molecule has 0 radical (unpaired) electrons. The highest BCUT2D eigenvalue weighted by molar-refractivity contribution is 5.35. The van der Waals surface area contributed by atoms with Crippen LogP contribution in [-0.4, -0.2) is 89.8 Å². The highest BCUT2D eigenvalue weighted by Crippen LogP contribution is 2.73. The first-order valence-corrected chi connectivity index (χ1v) is 17.9. The van der Waals surface area contributed by atoms with Gasteiger partial charge in [0.15, 0.2) is 0 Å². The predicted octanol–water partition coefficient (Wildman–Crippen LogP) is 5.75. The predicted molar refractivity (Wildman–Crippen MR) is 170 cm³/mol. The fourth-order valence-corrected chi connectivity index (χ4v) is 11.6. The Labute approximate surface area is 260 Å². The van der Waals surface area contributed by atoms with Crippen LogP contribution in [0.4, 0.5) is 0 Å². The van der Waals surface area contributed by atoms with Crippen molar-refractivity contribution in [1.29, 1.82) is 0 Å². The summed E-state index contributed by atoms with van der Waals surface area (Å²) in [7, 11) is 0. The molecule has 0 spiro atoms. The van der Waals surface area contributed by atoms with Crippen molar-refractivity contribution in [2.24, 2.45) is 22.7 Å². The molecule has 8 atom stereocenters. The van der Waals surface area contributed by atoms with Crippen molar-refractivity contribution in [1.82, 2.24) is 9.80 Å². The molecule has 240 valence electrons. The normalized spacial score (nSPS) is 45.2. The number of likely N-dealkylation sites (tertiary alicyclic amines) is 2. The molecule has 43 heavy (non-hydrogen) atoms. The molecular formula is C37H58N2O4. The maximum absolute atomic E-state index is 13.0. The number of ether oxygens (including phenoxy) is 2. The number of aliphatic hydroxyl groups is 2. The molecule has 7 rings (SSSR count). The Morgan fingerprint density at radius 3 is 2.14 bits per heavy atom. The van der Waals surface area contributed by atoms with Crippen molar-refractivity contribution in [3.63, 3.8) is 0 Å². The summed E-state index contributed by atoms with van der Waals surface area (Å²) < 4.78 is 13.6. The zero-order valence-electron chi connectivity index (χ0n) is 27.1. The SMILES string of the molecule is C[C@]12CCC(OCCN3CCCC3)CC1CC[C@]1(O)[C@H]2CC[C@]2(C)C(OCCN3CCCC3)(c3ccccc3)CC[C@@]12O. The number of nitrogens with zero attached hydrogens (tertiary/aromatic N) is 2. The maximum atomic E-state index is 13.0. The van der Waals surface area contributed by atoms with E-state index in [4.69, 9.17) is 9.47 Å². The molecule has 6 heteroatoms. The summed E-state index contributed by atoms with van der Waals surface area (Å²) in [6, 6.07) is 10.7. The van der Waals surface area contributed by atoms with Crippen LogP contribution >= 0.6 is 0 Å². The minimum absolute atomic E-state index is 0.0352. The molecule has 2 N–H and O–H groups in total. The Morgan fingerprint density at radius 1 is 0.767 bits per heavy atom. The monoisotopic (exact) mass is 594 g/mol. The van der Waals surface area contributed by atoms with Gasteiger partial charge < -0.3 is 29.5 Å². The van der Waals surface area contributed by atoms with E-state index in [-0.39, 0.29) is 11.3 Å². The molecular weight excluding hydrogens is 536 g/mol. The summed E-state index contributed by atoms with van der Waals surface area (Å²) >= 11 is 0. The van der Waals surface area contributed by atoms with Gasteiger partial charge in [-0.2, -0.15) is 0 Å². The van der Waals surface area contributed by atoms with Crippen LogP contribution in [0.3, 0.4) is 0 Å². The van der Waals surface area contributed by atoms with Crippen LogP contribution in [0.25, 0.3) is 0 Å². The molecule has 2 aliphatic heterocycles. The molecule has 1 aromatic rings. The van der Waals surface area contributed by atoms with E-state index in [0.717, 1.165) is 77.7 Å². The van der Waals surface area contributed by atoms with Crippen molar-refractivity contribution < 1.29 is 19.7 Å². The highest BCUT2D eigenvalue weighted by atomic mass is 16.5. The minimum Gasteiger partial charge on any atom is -0.387 e. The lowest BCUT2D eigenvalue weighted by molar-refractivity contribution is -0.316. The Hall–Kier alpha value is -1.02. The standard InChI is InChI=1S/C37H58N2O4/c1-33-15-13-31(42-26-24-38-20-6-7-21-38)28-30(33)12-17-35(40)32(33)14-16-34(2)36(18-19-37(34,35)41,29-10-4-3-5-11-29)43-27-25-39-22-8-9-23-39/h3-5,10-11,30-32,40-41H,6-9,12-28H2,1-2H3/t30?,31?,32-,33-,34+,35-,36?,37-/m0/s1. The van der Waals surface area contributed by atoms with Gasteiger partial charge in [0.1, 0.15) is 11.2 Å². The summed E-state index contributed by atoms with van der Waals surface area (Å²) in [5.41, 5.74) is -2.22. The molecule has 6 fully saturated rings. The quantitative estimate of drug-likeness (QED) is 0.380. The third kappa shape index (κ3) is 4.79. The van der Waals surface area contributed by atoms with Gasteiger partial charge in [-0.05, 0) is 132 Å². The molecule has 6 nitrogen and oxygen atoms in total. The smallest absolute Gasteiger partial charge is 0.102 e.